The Morgan fingerprint density at radius 1 is 1.47 bits per heavy atom. The van der Waals surface area contributed by atoms with Crippen molar-refractivity contribution in [3.63, 3.8) is 0 Å². The normalized spacial score (nSPS) is 18.9. The van der Waals surface area contributed by atoms with Crippen molar-refractivity contribution in [3.05, 3.63) is 0 Å². The van der Waals surface area contributed by atoms with Gasteiger partial charge in [-0.2, -0.15) is 17.4 Å². The van der Waals surface area contributed by atoms with Gasteiger partial charge in [-0.1, -0.05) is 20.3 Å². The first kappa shape index (κ1) is 14.8. The van der Waals surface area contributed by atoms with Gasteiger partial charge in [0.1, 0.15) is 0 Å². The number of nitrogens with one attached hydrogen (secondary N) is 1. The lowest BCUT2D eigenvalue weighted by atomic mass is 9.89. The molecule has 0 aromatic heterocycles. The maximum Gasteiger partial charge on any atom is 0.279 e. The van der Waals surface area contributed by atoms with E-state index in [2.05, 4.69) is 4.72 Å². The van der Waals surface area contributed by atoms with Crippen LogP contribution in [0.4, 0.5) is 0 Å². The van der Waals surface area contributed by atoms with E-state index in [0.717, 1.165) is 10.7 Å². The van der Waals surface area contributed by atoms with Gasteiger partial charge in [-0.3, -0.25) is 0 Å². The molecule has 0 aromatic carbocycles. The monoisotopic (exact) mass is 238 g/mol. The second-order valence-electron chi connectivity index (χ2n) is 4.28. The number of rotatable bonds is 6. The van der Waals surface area contributed by atoms with Gasteiger partial charge in [0.25, 0.3) is 10.2 Å². The number of nitrogens with zero attached hydrogens (tertiary/aromatic N) is 1. The van der Waals surface area contributed by atoms with Crippen molar-refractivity contribution < 1.29 is 13.5 Å². The Kier molecular flexibility index (Phi) is 5.19. The number of aliphatic hydroxyl groups is 1. The maximum absolute atomic E-state index is 11.4. The van der Waals surface area contributed by atoms with Crippen molar-refractivity contribution >= 4 is 10.2 Å². The lowest BCUT2D eigenvalue weighted by Crippen LogP contribution is -2.47. The molecule has 0 rings (SSSR count). The molecule has 0 aliphatic rings. The van der Waals surface area contributed by atoms with Crippen molar-refractivity contribution in [2.24, 2.45) is 5.92 Å². The van der Waals surface area contributed by atoms with Gasteiger partial charge in [0, 0.05) is 20.6 Å². The summed E-state index contributed by atoms with van der Waals surface area (Å²) in [6.45, 7) is 5.52. The van der Waals surface area contributed by atoms with Crippen LogP contribution in [0.25, 0.3) is 0 Å². The van der Waals surface area contributed by atoms with Gasteiger partial charge < -0.3 is 5.11 Å². The van der Waals surface area contributed by atoms with Crippen LogP contribution in [0.5, 0.6) is 0 Å². The molecule has 2 N–H and O–H groups in total. The molecule has 15 heavy (non-hydrogen) atoms. The predicted octanol–water partition coefficient (Wildman–Crippen LogP) is 0.180. The first-order valence-electron chi connectivity index (χ1n) is 5.03. The van der Waals surface area contributed by atoms with E-state index in [9.17, 15) is 13.5 Å². The number of hydrogen-bond acceptors (Lipinski definition) is 3. The lowest BCUT2D eigenvalue weighted by Gasteiger charge is -2.30. The Morgan fingerprint density at radius 2 is 1.93 bits per heavy atom. The third kappa shape index (κ3) is 4.46. The molecule has 0 fully saturated rings. The Balaban J connectivity index is 4.40. The molecule has 0 aromatic rings. The third-order valence-corrected chi connectivity index (χ3v) is 4.24. The minimum Gasteiger partial charge on any atom is -0.389 e. The summed E-state index contributed by atoms with van der Waals surface area (Å²) in [5.41, 5.74) is -1.02. The highest BCUT2D eigenvalue weighted by Crippen LogP contribution is 2.19. The molecule has 0 spiro atoms. The fraction of sp³-hybridized carbons (Fsp3) is 1.00. The molecular formula is C9H22N2O3S. The van der Waals surface area contributed by atoms with Crippen molar-refractivity contribution in [3.8, 4) is 0 Å². The van der Waals surface area contributed by atoms with Crippen molar-refractivity contribution in [1.29, 1.82) is 0 Å². The van der Waals surface area contributed by atoms with Crippen molar-refractivity contribution in [2.45, 2.75) is 32.8 Å². The Hall–Kier alpha value is -0.170. The summed E-state index contributed by atoms with van der Waals surface area (Å²) in [6.07, 6.45) is 0.802. The fourth-order valence-corrected chi connectivity index (χ4v) is 1.71. The van der Waals surface area contributed by atoms with Gasteiger partial charge in [0.05, 0.1) is 5.60 Å². The largest absolute Gasteiger partial charge is 0.389 e. The zero-order chi connectivity index (χ0) is 12.3. The molecule has 92 valence electrons. The second-order valence-corrected chi connectivity index (χ2v) is 6.24. The molecule has 2 atom stereocenters. The average Bonchev–Trinajstić information content (AvgIpc) is 2.13. The summed E-state index contributed by atoms with van der Waals surface area (Å²) in [7, 11) is -0.560. The SMILES string of the molecule is CCC(C)C(C)(O)CNS(=O)(=O)N(C)C. The molecule has 0 radical (unpaired) electrons. The van der Waals surface area contributed by atoms with Gasteiger partial charge in [-0.05, 0) is 12.8 Å². The lowest BCUT2D eigenvalue weighted by molar-refractivity contribution is 0.00997. The van der Waals surface area contributed by atoms with Crippen LogP contribution in [0.15, 0.2) is 0 Å². The first-order valence-corrected chi connectivity index (χ1v) is 6.47. The molecule has 6 heteroatoms. The van der Waals surface area contributed by atoms with Gasteiger partial charge in [-0.25, -0.2) is 0 Å². The average molecular weight is 238 g/mol. The second kappa shape index (κ2) is 5.25. The van der Waals surface area contributed by atoms with Crippen LogP contribution in [0.1, 0.15) is 27.2 Å². The molecule has 5 nitrogen and oxygen atoms in total. The molecule has 0 bridgehead atoms. The molecular weight excluding hydrogens is 216 g/mol. The van der Waals surface area contributed by atoms with Crippen molar-refractivity contribution in [1.82, 2.24) is 9.03 Å². The summed E-state index contributed by atoms with van der Waals surface area (Å²) in [5, 5.41) is 9.98. The zero-order valence-corrected chi connectivity index (χ0v) is 10.9. The van der Waals surface area contributed by atoms with E-state index >= 15 is 0 Å². The van der Waals surface area contributed by atoms with Crippen LogP contribution in [0.2, 0.25) is 0 Å². The van der Waals surface area contributed by atoms with Gasteiger partial charge >= 0.3 is 0 Å². The summed E-state index contributed by atoms with van der Waals surface area (Å²) in [5.74, 6) is 0.0439. The molecule has 0 heterocycles. The highest BCUT2D eigenvalue weighted by molar-refractivity contribution is 7.87. The van der Waals surface area contributed by atoms with Crippen LogP contribution in [0.3, 0.4) is 0 Å². The topological polar surface area (TPSA) is 69.6 Å². The van der Waals surface area contributed by atoms with E-state index in [0.29, 0.717) is 0 Å². The first-order chi connectivity index (χ1) is 6.63. The highest BCUT2D eigenvalue weighted by atomic mass is 32.2. The molecule has 0 amide bonds. The van der Waals surface area contributed by atoms with Crippen LogP contribution in [0, 0.1) is 5.92 Å². The zero-order valence-electron chi connectivity index (χ0n) is 10.1. The summed E-state index contributed by atoms with van der Waals surface area (Å²) in [4.78, 5) is 0. The molecule has 0 saturated heterocycles. The van der Waals surface area contributed by atoms with E-state index in [1.165, 1.54) is 14.1 Å². The maximum atomic E-state index is 11.4. The van der Waals surface area contributed by atoms with E-state index in [4.69, 9.17) is 0 Å². The third-order valence-electron chi connectivity index (χ3n) is 2.77. The van der Waals surface area contributed by atoms with E-state index in [-0.39, 0.29) is 12.5 Å². The van der Waals surface area contributed by atoms with E-state index in [1.807, 2.05) is 13.8 Å². The number of hydrogen-bond donors (Lipinski definition) is 2. The van der Waals surface area contributed by atoms with E-state index < -0.39 is 15.8 Å². The standard InChI is InChI=1S/C9H22N2O3S/c1-6-8(2)9(3,12)7-10-15(13,14)11(4)5/h8,10,12H,6-7H2,1-5H3. The smallest absolute Gasteiger partial charge is 0.279 e. The molecule has 0 saturated carbocycles. The summed E-state index contributed by atoms with van der Waals surface area (Å²) >= 11 is 0. The fourth-order valence-electron chi connectivity index (χ4n) is 0.980. The van der Waals surface area contributed by atoms with Crippen LogP contribution < -0.4 is 4.72 Å². The van der Waals surface area contributed by atoms with E-state index in [1.54, 1.807) is 6.92 Å². The summed E-state index contributed by atoms with van der Waals surface area (Å²) < 4.78 is 26.2. The minimum absolute atomic E-state index is 0.0303. The highest BCUT2D eigenvalue weighted by Gasteiger charge is 2.29. The molecule has 0 aliphatic carbocycles. The predicted molar refractivity (Wildman–Crippen MR) is 60.7 cm³/mol. The van der Waals surface area contributed by atoms with Crippen LogP contribution in [-0.2, 0) is 10.2 Å². The Bertz CT molecular complexity index is 286. The summed E-state index contributed by atoms with van der Waals surface area (Å²) in [6, 6.07) is 0. The van der Waals surface area contributed by atoms with Gasteiger partial charge in [0.2, 0.25) is 0 Å². The Labute approximate surface area is 92.7 Å². The quantitative estimate of drug-likeness (QED) is 0.693. The van der Waals surface area contributed by atoms with Crippen LogP contribution >= 0.6 is 0 Å². The van der Waals surface area contributed by atoms with Gasteiger partial charge in [-0.15, -0.1) is 0 Å². The Morgan fingerprint density at radius 3 is 2.27 bits per heavy atom. The van der Waals surface area contributed by atoms with Gasteiger partial charge in [0.15, 0.2) is 0 Å². The van der Waals surface area contributed by atoms with Crippen LogP contribution in [-0.4, -0.2) is 44.1 Å². The molecule has 0 aliphatic heterocycles. The van der Waals surface area contributed by atoms with Crippen molar-refractivity contribution in [2.75, 3.05) is 20.6 Å². The molecule has 2 unspecified atom stereocenters. The minimum atomic E-state index is -3.45.